The van der Waals surface area contributed by atoms with Crippen LogP contribution in [-0.2, 0) is 11.0 Å². The molecule has 2 rings (SSSR count). The first-order chi connectivity index (χ1) is 8.02. The average Bonchev–Trinajstić information content (AvgIpc) is 3.05. The van der Waals surface area contributed by atoms with Crippen LogP contribution in [0.4, 0.5) is 13.2 Å². The highest BCUT2D eigenvalue weighted by Gasteiger charge is 2.38. The molecule has 1 nitrogen and oxygen atoms in total. The molecular weight excluding hydrogens is 229 g/mol. The van der Waals surface area contributed by atoms with Crippen LogP contribution in [0.25, 0.3) is 0 Å². The van der Waals surface area contributed by atoms with Crippen molar-refractivity contribution in [1.82, 2.24) is 0 Å². The largest absolute Gasteiger partial charge is 0.416 e. The highest BCUT2D eigenvalue weighted by atomic mass is 19.4. The fraction of sp³-hybridized carbons (Fsp3) is 0.308. The zero-order valence-electron chi connectivity index (χ0n) is 8.95. The van der Waals surface area contributed by atoms with Crippen molar-refractivity contribution in [1.29, 1.82) is 0 Å². The van der Waals surface area contributed by atoms with E-state index in [-0.39, 0.29) is 11.8 Å². The molecule has 0 spiro atoms. The van der Waals surface area contributed by atoms with E-state index in [9.17, 15) is 18.0 Å². The summed E-state index contributed by atoms with van der Waals surface area (Å²) >= 11 is 0. The first-order valence-corrected chi connectivity index (χ1v) is 5.31. The van der Waals surface area contributed by atoms with E-state index in [1.165, 1.54) is 18.2 Å². The maximum atomic E-state index is 12.5. The molecule has 0 saturated heterocycles. The Morgan fingerprint density at radius 1 is 1.29 bits per heavy atom. The first kappa shape index (κ1) is 11.9. The van der Waals surface area contributed by atoms with Crippen molar-refractivity contribution < 1.29 is 18.0 Å². The van der Waals surface area contributed by atoms with Crippen LogP contribution in [0, 0.1) is 5.92 Å². The number of hydrogen-bond acceptors (Lipinski definition) is 1. The van der Waals surface area contributed by atoms with Gasteiger partial charge in [-0.25, -0.2) is 0 Å². The standard InChI is InChI=1S/C13H11F3O/c14-13(15,16)11-5-1-3-9(7-11)12-8-10(12)4-2-6-17/h1-7,10,12H,8H2. The van der Waals surface area contributed by atoms with Crippen molar-refractivity contribution in [2.24, 2.45) is 5.92 Å². The number of aldehydes is 1. The minimum absolute atomic E-state index is 0.119. The molecule has 0 amide bonds. The number of rotatable bonds is 3. The molecule has 17 heavy (non-hydrogen) atoms. The van der Waals surface area contributed by atoms with E-state index in [0.29, 0.717) is 11.8 Å². The molecule has 4 heteroatoms. The van der Waals surface area contributed by atoms with Crippen LogP contribution in [0.1, 0.15) is 23.5 Å². The molecular formula is C13H11F3O. The van der Waals surface area contributed by atoms with Crippen LogP contribution in [-0.4, -0.2) is 6.29 Å². The summed E-state index contributed by atoms with van der Waals surface area (Å²) < 4.78 is 37.5. The zero-order chi connectivity index (χ0) is 12.5. The van der Waals surface area contributed by atoms with Gasteiger partial charge in [-0.2, -0.15) is 13.2 Å². The number of allylic oxidation sites excluding steroid dienone is 2. The van der Waals surface area contributed by atoms with Gasteiger partial charge in [-0.05, 0) is 36.0 Å². The number of alkyl halides is 3. The van der Waals surface area contributed by atoms with Crippen LogP contribution in [0.5, 0.6) is 0 Å². The maximum Gasteiger partial charge on any atom is 0.416 e. The highest BCUT2D eigenvalue weighted by Crippen LogP contribution is 2.49. The van der Waals surface area contributed by atoms with Crippen molar-refractivity contribution in [2.45, 2.75) is 18.5 Å². The topological polar surface area (TPSA) is 17.1 Å². The number of carbonyl (C=O) groups excluding carboxylic acids is 1. The lowest BCUT2D eigenvalue weighted by Gasteiger charge is -2.08. The van der Waals surface area contributed by atoms with Crippen molar-refractivity contribution in [3.05, 3.63) is 47.5 Å². The fourth-order valence-electron chi connectivity index (χ4n) is 1.94. The third-order valence-corrected chi connectivity index (χ3v) is 2.92. The molecule has 0 heterocycles. The van der Waals surface area contributed by atoms with Crippen LogP contribution in [0.2, 0.25) is 0 Å². The van der Waals surface area contributed by atoms with Gasteiger partial charge in [0.15, 0.2) is 0 Å². The summed E-state index contributed by atoms with van der Waals surface area (Å²) in [5.74, 6) is 0.317. The Hall–Kier alpha value is -1.58. The Balaban J connectivity index is 2.14. The summed E-state index contributed by atoms with van der Waals surface area (Å²) in [6.45, 7) is 0. The number of carbonyl (C=O) groups is 1. The van der Waals surface area contributed by atoms with Gasteiger partial charge < -0.3 is 0 Å². The van der Waals surface area contributed by atoms with Gasteiger partial charge >= 0.3 is 6.18 Å². The van der Waals surface area contributed by atoms with Gasteiger partial charge in [0.1, 0.15) is 6.29 Å². The van der Waals surface area contributed by atoms with Gasteiger partial charge in [-0.3, -0.25) is 4.79 Å². The Morgan fingerprint density at radius 3 is 2.71 bits per heavy atom. The van der Waals surface area contributed by atoms with Crippen molar-refractivity contribution >= 4 is 6.29 Å². The molecule has 1 aromatic rings. The summed E-state index contributed by atoms with van der Waals surface area (Å²) in [4.78, 5) is 10.1. The molecule has 0 aromatic heterocycles. The smallest absolute Gasteiger partial charge is 0.299 e. The monoisotopic (exact) mass is 240 g/mol. The second kappa shape index (κ2) is 4.35. The lowest BCUT2D eigenvalue weighted by atomic mass is 10.1. The van der Waals surface area contributed by atoms with E-state index < -0.39 is 11.7 Å². The van der Waals surface area contributed by atoms with Crippen LogP contribution in [0.3, 0.4) is 0 Å². The first-order valence-electron chi connectivity index (χ1n) is 5.31. The molecule has 0 bridgehead atoms. The quantitative estimate of drug-likeness (QED) is 0.583. The molecule has 1 aromatic carbocycles. The lowest BCUT2D eigenvalue weighted by Crippen LogP contribution is -2.05. The zero-order valence-corrected chi connectivity index (χ0v) is 8.95. The molecule has 0 N–H and O–H groups in total. The van der Waals surface area contributed by atoms with Crippen LogP contribution in [0.15, 0.2) is 36.4 Å². The fourth-order valence-corrected chi connectivity index (χ4v) is 1.94. The second-order valence-electron chi connectivity index (χ2n) is 4.15. The molecule has 90 valence electrons. The number of benzene rings is 1. The normalized spacial score (nSPS) is 23.9. The van der Waals surface area contributed by atoms with E-state index in [1.807, 2.05) is 0 Å². The molecule has 1 aliphatic rings. The van der Waals surface area contributed by atoms with Gasteiger partial charge in [-0.15, -0.1) is 0 Å². The predicted molar refractivity (Wildman–Crippen MR) is 57.5 cm³/mol. The van der Waals surface area contributed by atoms with Crippen LogP contribution >= 0.6 is 0 Å². The minimum atomic E-state index is -4.29. The SMILES string of the molecule is O=CC=CC1CC1c1cccc(C(F)(F)F)c1. The summed E-state index contributed by atoms with van der Waals surface area (Å²) in [7, 11) is 0. The average molecular weight is 240 g/mol. The van der Waals surface area contributed by atoms with E-state index >= 15 is 0 Å². The van der Waals surface area contributed by atoms with E-state index in [4.69, 9.17) is 0 Å². The number of hydrogen-bond donors (Lipinski definition) is 0. The highest BCUT2D eigenvalue weighted by molar-refractivity contribution is 5.65. The Bertz CT molecular complexity index is 448. The number of halogens is 3. The van der Waals surface area contributed by atoms with Gasteiger partial charge in [0, 0.05) is 0 Å². The molecule has 1 fully saturated rings. The summed E-state index contributed by atoms with van der Waals surface area (Å²) in [6, 6.07) is 5.40. The maximum absolute atomic E-state index is 12.5. The minimum Gasteiger partial charge on any atom is -0.299 e. The third-order valence-electron chi connectivity index (χ3n) is 2.92. The van der Waals surface area contributed by atoms with Crippen molar-refractivity contribution in [3.8, 4) is 0 Å². The Morgan fingerprint density at radius 2 is 2.06 bits per heavy atom. The summed E-state index contributed by atoms with van der Waals surface area (Å²) in [5, 5.41) is 0. The molecule has 0 radical (unpaired) electrons. The summed E-state index contributed by atoms with van der Waals surface area (Å²) in [5.41, 5.74) is 0.0837. The van der Waals surface area contributed by atoms with Crippen LogP contribution < -0.4 is 0 Å². The molecule has 1 aliphatic carbocycles. The predicted octanol–water partition coefficient (Wildman–Crippen LogP) is 3.56. The third kappa shape index (κ3) is 2.75. The molecule has 0 aliphatic heterocycles. The molecule has 2 atom stereocenters. The van der Waals surface area contributed by atoms with Gasteiger partial charge in [0.2, 0.25) is 0 Å². The Kier molecular flexibility index (Phi) is 3.05. The Labute approximate surface area is 96.9 Å². The summed E-state index contributed by atoms with van der Waals surface area (Å²) in [6.07, 6.45) is 0.350. The van der Waals surface area contributed by atoms with Crippen molar-refractivity contribution in [3.63, 3.8) is 0 Å². The lowest BCUT2D eigenvalue weighted by molar-refractivity contribution is -0.137. The van der Waals surface area contributed by atoms with Gasteiger partial charge in [0.25, 0.3) is 0 Å². The van der Waals surface area contributed by atoms with E-state index in [2.05, 4.69) is 0 Å². The molecule has 1 saturated carbocycles. The van der Waals surface area contributed by atoms with Gasteiger partial charge in [0.05, 0.1) is 5.56 Å². The van der Waals surface area contributed by atoms with Crippen molar-refractivity contribution in [2.75, 3.05) is 0 Å². The van der Waals surface area contributed by atoms with Gasteiger partial charge in [-0.1, -0.05) is 24.3 Å². The second-order valence-corrected chi connectivity index (χ2v) is 4.15. The van der Waals surface area contributed by atoms with E-state index in [1.54, 1.807) is 12.1 Å². The molecule has 2 unspecified atom stereocenters. The van der Waals surface area contributed by atoms with E-state index in [0.717, 1.165) is 12.5 Å².